The molecule has 0 radical (unpaired) electrons. The van der Waals surface area contributed by atoms with E-state index in [9.17, 15) is 0 Å². The summed E-state index contributed by atoms with van der Waals surface area (Å²) in [4.78, 5) is 0. The summed E-state index contributed by atoms with van der Waals surface area (Å²) in [6.07, 6.45) is 4.68. The van der Waals surface area contributed by atoms with Crippen molar-refractivity contribution in [1.82, 2.24) is 0 Å². The van der Waals surface area contributed by atoms with Crippen LogP contribution < -0.4 is 0 Å². The minimum atomic E-state index is 0.195. The first-order chi connectivity index (χ1) is 8.27. The minimum Gasteiger partial charge on any atom is -0.374 e. The van der Waals surface area contributed by atoms with E-state index in [-0.39, 0.29) is 11.4 Å². The number of thiol groups is 1. The molecule has 1 aromatic rings. The Bertz CT molecular complexity index is 354. The van der Waals surface area contributed by atoms with E-state index in [1.807, 2.05) is 6.07 Å². The van der Waals surface area contributed by atoms with Crippen LogP contribution in [0.3, 0.4) is 0 Å². The fourth-order valence-corrected chi connectivity index (χ4v) is 2.59. The Morgan fingerprint density at radius 3 is 2.76 bits per heavy atom. The highest BCUT2D eigenvalue weighted by molar-refractivity contribution is 7.81. The van der Waals surface area contributed by atoms with E-state index in [0.29, 0.717) is 0 Å². The first-order valence-electron chi connectivity index (χ1n) is 6.29. The average molecular weight is 248 g/mol. The second kappa shape index (κ2) is 6.27. The molecule has 1 nitrogen and oxygen atoms in total. The van der Waals surface area contributed by atoms with Gasteiger partial charge in [-0.25, -0.2) is 0 Å². The van der Waals surface area contributed by atoms with Crippen molar-refractivity contribution >= 4 is 12.6 Å². The summed E-state index contributed by atoms with van der Waals surface area (Å²) in [5.74, 6) is 0. The maximum absolute atomic E-state index is 5.75. The lowest BCUT2D eigenvalue weighted by Crippen LogP contribution is -2.26. The van der Waals surface area contributed by atoms with Gasteiger partial charge in [0.2, 0.25) is 0 Å². The molecule has 2 atom stereocenters. The van der Waals surface area contributed by atoms with Crippen LogP contribution in [0.5, 0.6) is 0 Å². The van der Waals surface area contributed by atoms with Crippen molar-refractivity contribution < 1.29 is 4.74 Å². The molecule has 17 heavy (non-hydrogen) atoms. The Hall–Kier alpha value is -0.730. The van der Waals surface area contributed by atoms with Gasteiger partial charge >= 0.3 is 0 Å². The molecule has 92 valence electrons. The molecule has 2 unspecified atom stereocenters. The Balaban J connectivity index is 1.90. The van der Waals surface area contributed by atoms with Gasteiger partial charge in [-0.1, -0.05) is 36.9 Å². The Labute approximate surface area is 109 Å². The quantitative estimate of drug-likeness (QED) is 0.632. The fourth-order valence-electron chi connectivity index (χ4n) is 2.22. The largest absolute Gasteiger partial charge is 0.374 e. The van der Waals surface area contributed by atoms with Crippen molar-refractivity contribution in [2.24, 2.45) is 0 Å². The summed E-state index contributed by atoms with van der Waals surface area (Å²) in [7, 11) is 0. The van der Waals surface area contributed by atoms with Crippen molar-refractivity contribution in [1.29, 1.82) is 0 Å². The highest BCUT2D eigenvalue weighted by Gasteiger charge is 2.21. The molecule has 1 aliphatic rings. The number of hydrogen-bond acceptors (Lipinski definition) is 2. The van der Waals surface area contributed by atoms with Crippen LogP contribution in [0.25, 0.3) is 0 Å². The van der Waals surface area contributed by atoms with E-state index in [4.69, 9.17) is 4.74 Å². The lowest BCUT2D eigenvalue weighted by atomic mass is 9.96. The topological polar surface area (TPSA) is 9.23 Å². The molecule has 0 N–H and O–H groups in total. The van der Waals surface area contributed by atoms with Crippen molar-refractivity contribution in [3.05, 3.63) is 48.0 Å². The highest BCUT2D eigenvalue weighted by Crippen LogP contribution is 2.25. The predicted molar refractivity (Wildman–Crippen MR) is 75.7 cm³/mol. The summed E-state index contributed by atoms with van der Waals surface area (Å²) in [6, 6.07) is 10.4. The van der Waals surface area contributed by atoms with Crippen LogP contribution in [0.4, 0.5) is 0 Å². The predicted octanol–water partition coefficient (Wildman–Crippen LogP) is 3.65. The number of hydrogen-bond donors (Lipinski definition) is 1. The van der Waals surface area contributed by atoms with Gasteiger partial charge in [0, 0.05) is 11.9 Å². The molecule has 1 aromatic carbocycles. The summed E-state index contributed by atoms with van der Waals surface area (Å²) < 4.78 is 5.75. The molecule has 0 saturated carbocycles. The van der Waals surface area contributed by atoms with Crippen LogP contribution >= 0.6 is 12.6 Å². The molecule has 0 bridgehead atoms. The first kappa shape index (κ1) is 12.7. The molecular weight excluding hydrogens is 228 g/mol. The standard InChI is InChI=1S/C15H20OS/c1-12(14-9-5-6-10-16-14)15(17)11-13-7-3-2-4-8-13/h2-4,7-8,14-15,17H,1,5-6,9-11H2. The zero-order chi connectivity index (χ0) is 12.1. The smallest absolute Gasteiger partial charge is 0.0793 e. The van der Waals surface area contributed by atoms with E-state index >= 15 is 0 Å². The van der Waals surface area contributed by atoms with Crippen LogP contribution in [-0.4, -0.2) is 18.0 Å². The maximum Gasteiger partial charge on any atom is 0.0793 e. The van der Waals surface area contributed by atoms with Crippen molar-refractivity contribution in [3.63, 3.8) is 0 Å². The van der Waals surface area contributed by atoms with Gasteiger partial charge in [0.25, 0.3) is 0 Å². The number of ether oxygens (including phenoxy) is 1. The molecule has 0 spiro atoms. The maximum atomic E-state index is 5.75. The minimum absolute atomic E-state index is 0.195. The lowest BCUT2D eigenvalue weighted by molar-refractivity contribution is 0.0382. The first-order valence-corrected chi connectivity index (χ1v) is 6.81. The molecule has 0 aromatic heterocycles. The molecular formula is C15H20OS. The van der Waals surface area contributed by atoms with Crippen molar-refractivity contribution in [2.45, 2.75) is 37.0 Å². The van der Waals surface area contributed by atoms with Gasteiger partial charge in [0.15, 0.2) is 0 Å². The van der Waals surface area contributed by atoms with E-state index < -0.39 is 0 Å². The van der Waals surface area contributed by atoms with Crippen molar-refractivity contribution in [3.8, 4) is 0 Å². The van der Waals surface area contributed by atoms with Gasteiger partial charge in [-0.2, -0.15) is 12.6 Å². The third kappa shape index (κ3) is 3.62. The zero-order valence-corrected chi connectivity index (χ0v) is 11.0. The van der Waals surface area contributed by atoms with Crippen LogP contribution in [0.1, 0.15) is 24.8 Å². The van der Waals surface area contributed by atoms with Crippen molar-refractivity contribution in [2.75, 3.05) is 6.61 Å². The SMILES string of the molecule is C=C(C(S)Cc1ccccc1)C1CCCCO1. The van der Waals surface area contributed by atoms with E-state index in [1.54, 1.807) is 0 Å². The molecule has 1 aliphatic heterocycles. The summed E-state index contributed by atoms with van der Waals surface area (Å²) in [6.45, 7) is 5.04. The summed E-state index contributed by atoms with van der Waals surface area (Å²) in [5.41, 5.74) is 2.45. The Morgan fingerprint density at radius 2 is 2.12 bits per heavy atom. The van der Waals surface area contributed by atoms with Gasteiger partial charge in [-0.3, -0.25) is 0 Å². The van der Waals surface area contributed by atoms with Gasteiger partial charge < -0.3 is 4.74 Å². The number of rotatable bonds is 4. The second-order valence-electron chi connectivity index (χ2n) is 4.64. The van der Waals surface area contributed by atoms with Gasteiger partial charge in [-0.15, -0.1) is 0 Å². The molecule has 2 heteroatoms. The highest BCUT2D eigenvalue weighted by atomic mass is 32.1. The van der Waals surface area contributed by atoms with Gasteiger partial charge in [0.1, 0.15) is 0 Å². The van der Waals surface area contributed by atoms with E-state index in [2.05, 4.69) is 43.5 Å². The van der Waals surface area contributed by atoms with Crippen LogP contribution in [-0.2, 0) is 11.2 Å². The third-order valence-corrected chi connectivity index (χ3v) is 3.81. The summed E-state index contributed by atoms with van der Waals surface area (Å²) in [5, 5.41) is 0.195. The molecule has 0 aliphatic carbocycles. The molecule has 2 rings (SSSR count). The van der Waals surface area contributed by atoms with Gasteiger partial charge in [-0.05, 0) is 36.8 Å². The van der Waals surface area contributed by atoms with E-state index in [0.717, 1.165) is 25.0 Å². The normalized spacial score (nSPS) is 22.1. The average Bonchev–Trinajstić information content (AvgIpc) is 2.40. The molecule has 1 heterocycles. The van der Waals surface area contributed by atoms with Crippen LogP contribution in [0.2, 0.25) is 0 Å². The molecule has 1 saturated heterocycles. The molecule has 1 fully saturated rings. The fraction of sp³-hybridized carbons (Fsp3) is 0.467. The lowest BCUT2D eigenvalue weighted by Gasteiger charge is -2.27. The zero-order valence-electron chi connectivity index (χ0n) is 10.1. The van der Waals surface area contributed by atoms with Crippen LogP contribution in [0.15, 0.2) is 42.5 Å². The van der Waals surface area contributed by atoms with E-state index in [1.165, 1.54) is 18.4 Å². The van der Waals surface area contributed by atoms with Gasteiger partial charge in [0.05, 0.1) is 6.10 Å². The molecule has 0 amide bonds. The Kier molecular flexibility index (Phi) is 4.69. The second-order valence-corrected chi connectivity index (χ2v) is 5.26. The third-order valence-electron chi connectivity index (χ3n) is 3.29. The number of benzene rings is 1. The summed E-state index contributed by atoms with van der Waals surface area (Å²) >= 11 is 4.67. The van der Waals surface area contributed by atoms with Crippen LogP contribution in [0, 0.1) is 0 Å². The Morgan fingerprint density at radius 1 is 1.35 bits per heavy atom. The monoisotopic (exact) mass is 248 g/mol.